The Morgan fingerprint density at radius 3 is 2.38 bits per heavy atom. The van der Waals surface area contributed by atoms with Crippen LogP contribution >= 0.6 is 0 Å². The van der Waals surface area contributed by atoms with Crippen LogP contribution in [-0.4, -0.2) is 45.3 Å². The molecule has 0 spiro atoms. The van der Waals surface area contributed by atoms with Crippen LogP contribution < -0.4 is 0 Å². The summed E-state index contributed by atoms with van der Waals surface area (Å²) in [5.41, 5.74) is -3.59. The summed E-state index contributed by atoms with van der Waals surface area (Å²) in [4.78, 5) is -0.439. The van der Waals surface area contributed by atoms with Gasteiger partial charge in [-0.1, -0.05) is 0 Å². The van der Waals surface area contributed by atoms with Crippen LogP contribution in [0.4, 0.5) is 13.2 Å². The molecule has 1 aliphatic rings. The average molecular weight is 326 g/mol. The molecule has 2 rings (SSSR count). The smallest absolute Gasteiger partial charge is 0.361 e. The Kier molecular flexibility index (Phi) is 3.33. The Morgan fingerprint density at radius 1 is 1.38 bits per heavy atom. The van der Waals surface area contributed by atoms with Crippen molar-refractivity contribution >= 4 is 15.7 Å². The first-order valence-corrected chi connectivity index (χ1v) is 7.22. The van der Waals surface area contributed by atoms with Crippen LogP contribution in [0.3, 0.4) is 0 Å². The zero-order chi connectivity index (χ0) is 16.2. The molecule has 1 aromatic rings. The highest BCUT2D eigenvalue weighted by Crippen LogP contribution is 2.43. The van der Waals surface area contributed by atoms with E-state index in [4.69, 9.17) is 0 Å². The minimum Gasteiger partial charge on any atom is -0.361 e. The van der Waals surface area contributed by atoms with Gasteiger partial charge in [0.15, 0.2) is 0 Å². The van der Waals surface area contributed by atoms with Gasteiger partial charge in [-0.25, -0.2) is 0 Å². The molecule has 118 valence electrons. The fourth-order valence-electron chi connectivity index (χ4n) is 1.98. The van der Waals surface area contributed by atoms with E-state index in [-0.39, 0.29) is 15.8 Å². The van der Waals surface area contributed by atoms with E-state index in [1.807, 2.05) is 0 Å². The number of rotatable bonds is 2. The summed E-state index contributed by atoms with van der Waals surface area (Å²) >= 11 is 0. The van der Waals surface area contributed by atoms with Gasteiger partial charge in [0.2, 0.25) is 0 Å². The number of hydrazone groups is 1. The molecule has 2 heterocycles. The lowest BCUT2D eigenvalue weighted by atomic mass is 10.1. The molecule has 1 N–H and O–H groups in total. The molecule has 1 atom stereocenters. The third-order valence-corrected chi connectivity index (χ3v) is 5.03. The maximum Gasteiger partial charge on any atom is 0.439 e. The molecular formula is C10H13F3N4O3S. The standard InChI is InChI=1S/C10H13F3N4O3S/c1-6-4-9(18,10(11,12)13)17(15-6)21(19,20)8-5-14-16(3)7(8)2/h5,18H,4H2,1-3H3/t9-/m1/s1. The van der Waals surface area contributed by atoms with Crippen molar-refractivity contribution in [2.45, 2.75) is 37.1 Å². The van der Waals surface area contributed by atoms with Crippen molar-refractivity contribution in [3.8, 4) is 0 Å². The summed E-state index contributed by atoms with van der Waals surface area (Å²) in [5.74, 6) is 0. The number of aliphatic hydroxyl groups is 1. The molecule has 0 unspecified atom stereocenters. The lowest BCUT2D eigenvalue weighted by Gasteiger charge is -2.32. The summed E-state index contributed by atoms with van der Waals surface area (Å²) in [5, 5.41) is 16.9. The molecule has 0 saturated carbocycles. The molecule has 21 heavy (non-hydrogen) atoms. The average Bonchev–Trinajstić information content (AvgIpc) is 2.81. The number of aryl methyl sites for hydroxylation is 1. The molecule has 0 saturated heterocycles. The number of nitrogens with zero attached hydrogens (tertiary/aromatic N) is 4. The van der Waals surface area contributed by atoms with Gasteiger partial charge in [-0.3, -0.25) is 4.68 Å². The maximum absolute atomic E-state index is 13.1. The van der Waals surface area contributed by atoms with E-state index in [9.17, 15) is 26.7 Å². The molecular weight excluding hydrogens is 313 g/mol. The topological polar surface area (TPSA) is 87.8 Å². The normalized spacial score (nSPS) is 23.6. The second kappa shape index (κ2) is 4.44. The van der Waals surface area contributed by atoms with Crippen molar-refractivity contribution in [3.63, 3.8) is 0 Å². The van der Waals surface area contributed by atoms with Gasteiger partial charge in [0, 0.05) is 19.2 Å². The van der Waals surface area contributed by atoms with Gasteiger partial charge in [0.05, 0.1) is 11.9 Å². The van der Waals surface area contributed by atoms with Crippen molar-refractivity contribution in [2.75, 3.05) is 0 Å². The van der Waals surface area contributed by atoms with Crippen LogP contribution in [0.25, 0.3) is 0 Å². The highest BCUT2D eigenvalue weighted by Gasteiger charge is 2.64. The van der Waals surface area contributed by atoms with Crippen LogP contribution in [0.15, 0.2) is 16.2 Å². The van der Waals surface area contributed by atoms with E-state index in [0.29, 0.717) is 0 Å². The highest BCUT2D eigenvalue weighted by atomic mass is 32.2. The van der Waals surface area contributed by atoms with E-state index in [0.717, 1.165) is 6.20 Å². The first kappa shape index (κ1) is 15.8. The number of alkyl halides is 3. The minimum atomic E-state index is -5.18. The molecule has 7 nitrogen and oxygen atoms in total. The third-order valence-electron chi connectivity index (χ3n) is 3.23. The largest absolute Gasteiger partial charge is 0.439 e. The minimum absolute atomic E-state index is 0.138. The van der Waals surface area contributed by atoms with Crippen LogP contribution in [0.1, 0.15) is 19.0 Å². The van der Waals surface area contributed by atoms with Gasteiger partial charge in [-0.05, 0) is 13.8 Å². The Bertz CT molecular complexity index is 710. The number of hydrogen-bond acceptors (Lipinski definition) is 5. The van der Waals surface area contributed by atoms with E-state index in [1.165, 1.54) is 25.6 Å². The van der Waals surface area contributed by atoms with E-state index < -0.39 is 33.2 Å². The number of sulfonamides is 1. The molecule has 1 aromatic heterocycles. The van der Waals surface area contributed by atoms with Crippen LogP contribution in [0.5, 0.6) is 0 Å². The summed E-state index contributed by atoms with van der Waals surface area (Å²) in [6, 6.07) is 0. The number of hydrogen-bond donors (Lipinski definition) is 1. The molecule has 1 aliphatic heterocycles. The SMILES string of the molecule is CC1=NN(S(=O)(=O)c2cnn(C)c2C)[C@](O)(C(F)(F)F)C1. The van der Waals surface area contributed by atoms with E-state index in [1.54, 1.807) is 0 Å². The van der Waals surface area contributed by atoms with Gasteiger partial charge in [-0.2, -0.15) is 31.8 Å². The quantitative estimate of drug-likeness (QED) is 0.869. The Labute approximate surface area is 118 Å². The second-order valence-electron chi connectivity index (χ2n) is 4.79. The molecule has 0 amide bonds. The number of aromatic nitrogens is 2. The summed E-state index contributed by atoms with van der Waals surface area (Å²) < 4.78 is 64.9. The zero-order valence-electron chi connectivity index (χ0n) is 11.4. The Hall–Kier alpha value is -1.62. The fourth-order valence-corrected chi connectivity index (χ4v) is 3.67. The highest BCUT2D eigenvalue weighted by molar-refractivity contribution is 7.89. The van der Waals surface area contributed by atoms with Gasteiger partial charge in [-0.15, -0.1) is 4.41 Å². The molecule has 0 aromatic carbocycles. The van der Waals surface area contributed by atoms with Crippen LogP contribution in [0, 0.1) is 6.92 Å². The van der Waals surface area contributed by atoms with Crippen LogP contribution in [0.2, 0.25) is 0 Å². The molecule has 0 bridgehead atoms. The van der Waals surface area contributed by atoms with Gasteiger partial charge < -0.3 is 5.11 Å². The van der Waals surface area contributed by atoms with Gasteiger partial charge >= 0.3 is 6.18 Å². The lowest BCUT2D eigenvalue weighted by molar-refractivity contribution is -0.291. The van der Waals surface area contributed by atoms with Crippen molar-refractivity contribution in [1.82, 2.24) is 14.2 Å². The molecule has 0 radical (unpaired) electrons. The van der Waals surface area contributed by atoms with Crippen LogP contribution in [-0.2, 0) is 17.1 Å². The predicted octanol–water partition coefficient (Wildman–Crippen LogP) is 0.750. The maximum atomic E-state index is 13.1. The fraction of sp³-hybridized carbons (Fsp3) is 0.600. The molecule has 11 heteroatoms. The van der Waals surface area contributed by atoms with Gasteiger partial charge in [0.1, 0.15) is 4.90 Å². The number of halogens is 3. The monoisotopic (exact) mass is 326 g/mol. The second-order valence-corrected chi connectivity index (χ2v) is 6.53. The van der Waals surface area contributed by atoms with Crippen molar-refractivity contribution in [1.29, 1.82) is 0 Å². The van der Waals surface area contributed by atoms with E-state index >= 15 is 0 Å². The first-order chi connectivity index (χ1) is 9.41. The molecule has 0 fully saturated rings. The summed E-state index contributed by atoms with van der Waals surface area (Å²) in [7, 11) is -3.23. The van der Waals surface area contributed by atoms with Crippen molar-refractivity contribution in [2.24, 2.45) is 12.1 Å². The summed E-state index contributed by atoms with van der Waals surface area (Å²) in [6.07, 6.45) is -5.20. The van der Waals surface area contributed by atoms with Crippen molar-refractivity contribution < 1.29 is 26.7 Å². The molecule has 0 aliphatic carbocycles. The predicted molar refractivity (Wildman–Crippen MR) is 65.7 cm³/mol. The van der Waals surface area contributed by atoms with Gasteiger partial charge in [0.25, 0.3) is 15.7 Å². The Balaban J connectivity index is 2.60. The Morgan fingerprint density at radius 2 is 1.95 bits per heavy atom. The third kappa shape index (κ3) is 2.20. The van der Waals surface area contributed by atoms with E-state index in [2.05, 4.69) is 10.2 Å². The first-order valence-electron chi connectivity index (χ1n) is 5.78. The van der Waals surface area contributed by atoms with Crippen molar-refractivity contribution in [3.05, 3.63) is 11.9 Å². The lowest BCUT2D eigenvalue weighted by Crippen LogP contribution is -2.56. The summed E-state index contributed by atoms with van der Waals surface area (Å²) in [6.45, 7) is 2.60. The zero-order valence-corrected chi connectivity index (χ0v) is 12.2.